The van der Waals surface area contributed by atoms with Crippen molar-refractivity contribution in [1.82, 2.24) is 9.99 Å². The summed E-state index contributed by atoms with van der Waals surface area (Å²) in [5.74, 6) is -2.74. The summed E-state index contributed by atoms with van der Waals surface area (Å²) in [5.41, 5.74) is 5.28. The van der Waals surface area contributed by atoms with Crippen molar-refractivity contribution in [1.29, 1.82) is 0 Å². The molecule has 0 atom stereocenters. The first-order valence-corrected chi connectivity index (χ1v) is 8.10. The third-order valence-corrected chi connectivity index (χ3v) is 4.08. The molecule has 0 bridgehead atoms. The molecule has 1 aromatic heterocycles. The first-order chi connectivity index (χ1) is 12.9. The molecule has 138 valence electrons. The van der Waals surface area contributed by atoms with Crippen LogP contribution in [-0.2, 0) is 0 Å². The maximum absolute atomic E-state index is 13.2. The van der Waals surface area contributed by atoms with Crippen LogP contribution >= 0.6 is 0 Å². The molecule has 1 heterocycles. The molecule has 0 saturated heterocycles. The predicted molar refractivity (Wildman–Crippen MR) is 96.6 cm³/mol. The molecule has 1 N–H and O–H groups in total. The molecule has 3 rings (SSSR count). The zero-order valence-electron chi connectivity index (χ0n) is 14.6. The van der Waals surface area contributed by atoms with Gasteiger partial charge in [-0.3, -0.25) is 4.79 Å². The van der Waals surface area contributed by atoms with Gasteiger partial charge in [-0.25, -0.2) is 18.6 Å². The lowest BCUT2D eigenvalue weighted by Crippen LogP contribution is -2.18. The Bertz CT molecular complexity index is 1020. The van der Waals surface area contributed by atoms with Crippen molar-refractivity contribution in [3.05, 3.63) is 88.5 Å². The summed E-state index contributed by atoms with van der Waals surface area (Å²) < 4.78 is 41.0. The SMILES string of the molecule is Cc1cc(C(=O)N/N=C/c2ccc(F)c(F)c2)c(C)n1-c1ccc(F)cc1. The highest BCUT2D eigenvalue weighted by Gasteiger charge is 2.16. The zero-order chi connectivity index (χ0) is 19.6. The summed E-state index contributed by atoms with van der Waals surface area (Å²) in [6.07, 6.45) is 1.22. The van der Waals surface area contributed by atoms with E-state index in [9.17, 15) is 18.0 Å². The Morgan fingerprint density at radius 2 is 1.70 bits per heavy atom. The normalized spacial score (nSPS) is 11.1. The fourth-order valence-electron chi connectivity index (χ4n) is 2.80. The van der Waals surface area contributed by atoms with Crippen LogP contribution in [0.15, 0.2) is 53.6 Å². The fraction of sp³-hybridized carbons (Fsp3) is 0.100. The number of nitrogens with one attached hydrogen (secondary N) is 1. The van der Waals surface area contributed by atoms with Crippen LogP contribution in [0.25, 0.3) is 5.69 Å². The molecule has 7 heteroatoms. The number of halogens is 3. The van der Waals surface area contributed by atoms with Gasteiger partial charge in [-0.15, -0.1) is 0 Å². The second-order valence-electron chi connectivity index (χ2n) is 5.97. The molecule has 0 aliphatic rings. The molecule has 0 saturated carbocycles. The van der Waals surface area contributed by atoms with E-state index in [1.807, 2.05) is 11.5 Å². The van der Waals surface area contributed by atoms with Crippen molar-refractivity contribution >= 4 is 12.1 Å². The first-order valence-electron chi connectivity index (χ1n) is 8.10. The highest BCUT2D eigenvalue weighted by Crippen LogP contribution is 2.21. The molecule has 4 nitrogen and oxygen atoms in total. The molecule has 3 aromatic rings. The van der Waals surface area contributed by atoms with Crippen molar-refractivity contribution in [3.63, 3.8) is 0 Å². The van der Waals surface area contributed by atoms with E-state index in [2.05, 4.69) is 10.5 Å². The number of amides is 1. The molecule has 0 aliphatic heterocycles. The van der Waals surface area contributed by atoms with Crippen LogP contribution < -0.4 is 5.43 Å². The number of aryl methyl sites for hydroxylation is 1. The molecule has 0 spiro atoms. The van der Waals surface area contributed by atoms with Gasteiger partial charge in [0.1, 0.15) is 5.82 Å². The van der Waals surface area contributed by atoms with E-state index < -0.39 is 17.5 Å². The van der Waals surface area contributed by atoms with Crippen molar-refractivity contribution in [2.45, 2.75) is 13.8 Å². The third-order valence-electron chi connectivity index (χ3n) is 4.08. The number of hydrazone groups is 1. The van der Waals surface area contributed by atoms with Crippen LogP contribution in [0.4, 0.5) is 13.2 Å². The fourth-order valence-corrected chi connectivity index (χ4v) is 2.80. The number of hydrogen-bond acceptors (Lipinski definition) is 2. The Labute approximate surface area is 153 Å². The van der Waals surface area contributed by atoms with Gasteiger partial charge in [-0.2, -0.15) is 5.10 Å². The van der Waals surface area contributed by atoms with Gasteiger partial charge in [0.05, 0.1) is 11.8 Å². The summed E-state index contributed by atoms with van der Waals surface area (Å²) in [6, 6.07) is 10.9. The zero-order valence-corrected chi connectivity index (χ0v) is 14.6. The molecule has 0 fully saturated rings. The maximum atomic E-state index is 13.2. The minimum atomic E-state index is -0.992. The first kappa shape index (κ1) is 18.4. The van der Waals surface area contributed by atoms with E-state index in [1.165, 1.54) is 24.4 Å². The van der Waals surface area contributed by atoms with Crippen LogP contribution in [0, 0.1) is 31.3 Å². The van der Waals surface area contributed by atoms with E-state index in [4.69, 9.17) is 0 Å². The van der Waals surface area contributed by atoms with Gasteiger partial charge in [0.25, 0.3) is 5.91 Å². The Hall–Kier alpha value is -3.35. The topological polar surface area (TPSA) is 46.4 Å². The average Bonchev–Trinajstić information content (AvgIpc) is 2.93. The van der Waals surface area contributed by atoms with Gasteiger partial charge in [-0.05, 0) is 61.9 Å². The molecule has 0 aliphatic carbocycles. The Balaban J connectivity index is 1.79. The summed E-state index contributed by atoms with van der Waals surface area (Å²) in [4.78, 5) is 12.4. The van der Waals surface area contributed by atoms with Crippen LogP contribution in [0.2, 0.25) is 0 Å². The Morgan fingerprint density at radius 1 is 1.00 bits per heavy atom. The van der Waals surface area contributed by atoms with Crippen LogP contribution in [0.5, 0.6) is 0 Å². The minimum Gasteiger partial charge on any atom is -0.318 e. The number of aromatic nitrogens is 1. The largest absolute Gasteiger partial charge is 0.318 e. The van der Waals surface area contributed by atoms with Crippen molar-refractivity contribution in [2.75, 3.05) is 0 Å². The standard InChI is InChI=1S/C20H16F3N3O/c1-12-9-17(13(2)26(12)16-6-4-15(21)5-7-16)20(27)25-24-11-14-3-8-18(22)19(23)10-14/h3-11H,1-2H3,(H,25,27)/b24-11+. The van der Waals surface area contributed by atoms with E-state index in [0.717, 1.165) is 23.5 Å². The van der Waals surface area contributed by atoms with E-state index in [0.29, 0.717) is 16.8 Å². The third kappa shape index (κ3) is 3.92. The second kappa shape index (κ2) is 7.49. The summed E-state index contributed by atoms with van der Waals surface area (Å²) in [6.45, 7) is 3.60. The lowest BCUT2D eigenvalue weighted by molar-refractivity contribution is 0.0954. The molecular formula is C20H16F3N3O. The minimum absolute atomic E-state index is 0.311. The van der Waals surface area contributed by atoms with Gasteiger partial charge in [0.2, 0.25) is 0 Å². The summed E-state index contributed by atoms with van der Waals surface area (Å²) in [7, 11) is 0. The highest BCUT2D eigenvalue weighted by atomic mass is 19.2. The van der Waals surface area contributed by atoms with Gasteiger partial charge in [0, 0.05) is 17.1 Å². The summed E-state index contributed by atoms with van der Waals surface area (Å²) >= 11 is 0. The number of nitrogens with zero attached hydrogens (tertiary/aromatic N) is 2. The summed E-state index contributed by atoms with van der Waals surface area (Å²) in [5, 5.41) is 3.78. The number of carbonyl (C=O) groups is 1. The van der Waals surface area contributed by atoms with Crippen molar-refractivity contribution in [3.8, 4) is 5.69 Å². The van der Waals surface area contributed by atoms with Gasteiger partial charge in [-0.1, -0.05) is 6.07 Å². The molecule has 1 amide bonds. The maximum Gasteiger partial charge on any atom is 0.273 e. The van der Waals surface area contributed by atoms with Gasteiger partial charge >= 0.3 is 0 Å². The lowest BCUT2D eigenvalue weighted by atomic mass is 10.2. The number of carbonyl (C=O) groups excluding carboxylic acids is 1. The Kier molecular flexibility index (Phi) is 5.12. The smallest absolute Gasteiger partial charge is 0.273 e. The second-order valence-corrected chi connectivity index (χ2v) is 5.97. The average molecular weight is 371 g/mol. The van der Waals surface area contributed by atoms with Crippen molar-refractivity contribution in [2.24, 2.45) is 5.10 Å². The molecule has 2 aromatic carbocycles. The number of rotatable bonds is 4. The highest BCUT2D eigenvalue weighted by molar-refractivity contribution is 5.96. The van der Waals surface area contributed by atoms with Crippen LogP contribution in [0.3, 0.4) is 0 Å². The Morgan fingerprint density at radius 3 is 2.37 bits per heavy atom. The molecule has 0 unspecified atom stereocenters. The lowest BCUT2D eigenvalue weighted by Gasteiger charge is -2.09. The number of benzene rings is 2. The quantitative estimate of drug-likeness (QED) is 0.540. The van der Waals surface area contributed by atoms with Crippen LogP contribution in [-0.4, -0.2) is 16.7 Å². The van der Waals surface area contributed by atoms with Crippen molar-refractivity contribution < 1.29 is 18.0 Å². The van der Waals surface area contributed by atoms with E-state index in [1.54, 1.807) is 25.1 Å². The van der Waals surface area contributed by atoms with Gasteiger partial charge < -0.3 is 4.57 Å². The van der Waals surface area contributed by atoms with Gasteiger partial charge in [0.15, 0.2) is 11.6 Å². The van der Waals surface area contributed by atoms with E-state index >= 15 is 0 Å². The number of hydrogen-bond donors (Lipinski definition) is 1. The predicted octanol–water partition coefficient (Wildman–Crippen LogP) is 4.28. The van der Waals surface area contributed by atoms with E-state index in [-0.39, 0.29) is 5.82 Å². The monoisotopic (exact) mass is 371 g/mol. The molecular weight excluding hydrogens is 355 g/mol. The van der Waals surface area contributed by atoms with Crippen LogP contribution in [0.1, 0.15) is 27.3 Å². The molecule has 0 radical (unpaired) electrons. The molecule has 27 heavy (non-hydrogen) atoms.